The van der Waals surface area contributed by atoms with Crippen molar-refractivity contribution in [2.24, 2.45) is 5.16 Å². The molecule has 6 heteroatoms. The van der Waals surface area contributed by atoms with E-state index in [9.17, 15) is 9.59 Å². The van der Waals surface area contributed by atoms with Crippen LogP contribution in [0.3, 0.4) is 0 Å². The maximum Gasteiger partial charge on any atom is 0.336 e. The molecule has 104 valence electrons. The molecule has 1 aromatic carbocycles. The lowest BCUT2D eigenvalue weighted by molar-refractivity contribution is -0.111. The third kappa shape index (κ3) is 3.24. The first-order valence-corrected chi connectivity index (χ1v) is 6.25. The van der Waals surface area contributed by atoms with Crippen LogP contribution in [0.15, 0.2) is 38.6 Å². The number of carbonyl (C=O) groups is 1. The van der Waals surface area contributed by atoms with Crippen molar-refractivity contribution >= 4 is 34.1 Å². The fourth-order valence-corrected chi connectivity index (χ4v) is 1.75. The van der Waals surface area contributed by atoms with Crippen LogP contribution in [0.25, 0.3) is 11.0 Å². The van der Waals surface area contributed by atoms with E-state index in [0.29, 0.717) is 21.6 Å². The molecule has 0 fully saturated rings. The molecule has 0 atom stereocenters. The monoisotopic (exact) mass is 293 g/mol. The van der Waals surface area contributed by atoms with E-state index in [1.165, 1.54) is 13.0 Å². The molecule has 0 aliphatic rings. The lowest BCUT2D eigenvalue weighted by atomic mass is 10.1. The highest BCUT2D eigenvalue weighted by atomic mass is 35.5. The molecule has 1 aromatic heterocycles. The second kappa shape index (κ2) is 5.88. The van der Waals surface area contributed by atoms with Crippen LogP contribution in [0.4, 0.5) is 0 Å². The van der Waals surface area contributed by atoms with Gasteiger partial charge in [0.2, 0.25) is 0 Å². The summed E-state index contributed by atoms with van der Waals surface area (Å²) in [5.41, 5.74) is 0.799. The highest BCUT2D eigenvalue weighted by Crippen LogP contribution is 2.22. The second-order valence-electron chi connectivity index (χ2n) is 4.24. The Morgan fingerprint density at radius 1 is 1.35 bits per heavy atom. The van der Waals surface area contributed by atoms with Crippen LogP contribution in [0.5, 0.6) is 0 Å². The molecule has 20 heavy (non-hydrogen) atoms. The molecule has 0 N–H and O–H groups in total. The molecule has 0 saturated heterocycles. The summed E-state index contributed by atoms with van der Waals surface area (Å²) < 4.78 is 5.06. The van der Waals surface area contributed by atoms with E-state index in [-0.39, 0.29) is 18.1 Å². The zero-order chi connectivity index (χ0) is 14.7. The van der Waals surface area contributed by atoms with Gasteiger partial charge in [0.1, 0.15) is 17.9 Å². The van der Waals surface area contributed by atoms with Gasteiger partial charge in [-0.1, -0.05) is 16.8 Å². The van der Waals surface area contributed by atoms with E-state index in [1.807, 2.05) is 0 Å². The van der Waals surface area contributed by atoms with Gasteiger partial charge in [-0.15, -0.1) is 0 Å². The number of hydrogen-bond acceptors (Lipinski definition) is 5. The molecule has 0 aliphatic carbocycles. The number of oxime groups is 1. The first-order chi connectivity index (χ1) is 9.47. The summed E-state index contributed by atoms with van der Waals surface area (Å²) in [7, 11) is 0. The lowest BCUT2D eigenvalue weighted by Gasteiger charge is -2.05. The van der Waals surface area contributed by atoms with E-state index < -0.39 is 5.63 Å². The average Bonchev–Trinajstić information content (AvgIpc) is 2.39. The largest absolute Gasteiger partial charge is 0.423 e. The minimum atomic E-state index is -0.481. The standard InChI is InChI=1S/C14H12ClNO4/c1-8(9(2)17)16-19-7-10-5-14(18)20-13-4-3-11(15)6-12(10)13/h3-6H,7H2,1-2H3/b16-8+. The minimum Gasteiger partial charge on any atom is -0.423 e. The highest BCUT2D eigenvalue weighted by molar-refractivity contribution is 6.37. The van der Waals surface area contributed by atoms with Gasteiger partial charge in [-0.2, -0.15) is 0 Å². The quantitative estimate of drug-likeness (QED) is 0.494. The lowest BCUT2D eigenvalue weighted by Crippen LogP contribution is -2.06. The summed E-state index contributed by atoms with van der Waals surface area (Å²) >= 11 is 5.92. The Kier molecular flexibility index (Phi) is 4.20. The number of hydrogen-bond donors (Lipinski definition) is 0. The fourth-order valence-electron chi connectivity index (χ4n) is 1.58. The van der Waals surface area contributed by atoms with Crippen LogP contribution in [0, 0.1) is 0 Å². The van der Waals surface area contributed by atoms with Gasteiger partial charge in [-0.05, 0) is 25.1 Å². The molecule has 2 aromatic rings. The number of fused-ring (bicyclic) bond motifs is 1. The van der Waals surface area contributed by atoms with Crippen molar-refractivity contribution in [3.05, 3.63) is 45.3 Å². The number of ketones is 1. The van der Waals surface area contributed by atoms with Crippen LogP contribution in [0.1, 0.15) is 19.4 Å². The summed E-state index contributed by atoms with van der Waals surface area (Å²) in [4.78, 5) is 27.5. The minimum absolute atomic E-state index is 0.0487. The molecule has 2 rings (SSSR count). The summed E-state index contributed by atoms with van der Waals surface area (Å²) in [6, 6.07) is 6.25. The zero-order valence-electron chi connectivity index (χ0n) is 11.0. The Morgan fingerprint density at radius 3 is 2.80 bits per heavy atom. The summed E-state index contributed by atoms with van der Waals surface area (Å²) in [6.45, 7) is 3.00. The maximum atomic E-state index is 11.4. The average molecular weight is 294 g/mol. The van der Waals surface area contributed by atoms with Gasteiger partial charge >= 0.3 is 5.63 Å². The van der Waals surface area contributed by atoms with Crippen molar-refractivity contribution in [1.29, 1.82) is 0 Å². The number of rotatable bonds is 4. The Labute approximate surface area is 119 Å². The Bertz CT molecular complexity index is 748. The first-order valence-electron chi connectivity index (χ1n) is 5.87. The van der Waals surface area contributed by atoms with E-state index in [0.717, 1.165) is 0 Å². The molecule has 0 aliphatic heterocycles. The highest BCUT2D eigenvalue weighted by Gasteiger charge is 2.07. The molecular weight excluding hydrogens is 282 g/mol. The molecular formula is C14H12ClNO4. The molecule has 0 bridgehead atoms. The third-order valence-electron chi connectivity index (χ3n) is 2.72. The molecule has 5 nitrogen and oxygen atoms in total. The molecule has 1 heterocycles. The maximum absolute atomic E-state index is 11.4. The van der Waals surface area contributed by atoms with E-state index in [4.69, 9.17) is 20.9 Å². The second-order valence-corrected chi connectivity index (χ2v) is 4.67. The molecule has 0 unspecified atom stereocenters. The van der Waals surface area contributed by atoms with Crippen molar-refractivity contribution in [3.8, 4) is 0 Å². The Hall–Kier alpha value is -2.14. The zero-order valence-corrected chi connectivity index (χ0v) is 11.7. The van der Waals surface area contributed by atoms with E-state index in [1.54, 1.807) is 25.1 Å². The predicted molar refractivity (Wildman–Crippen MR) is 76.1 cm³/mol. The van der Waals surface area contributed by atoms with Gasteiger partial charge in [0, 0.05) is 29.0 Å². The van der Waals surface area contributed by atoms with Crippen molar-refractivity contribution in [2.75, 3.05) is 0 Å². The number of carbonyl (C=O) groups excluding carboxylic acids is 1. The molecule has 0 saturated carbocycles. The van der Waals surface area contributed by atoms with Gasteiger partial charge in [0.05, 0.1) is 0 Å². The van der Waals surface area contributed by atoms with Gasteiger partial charge in [-0.25, -0.2) is 4.79 Å². The Morgan fingerprint density at radius 2 is 2.10 bits per heavy atom. The number of nitrogens with zero attached hydrogens (tertiary/aromatic N) is 1. The third-order valence-corrected chi connectivity index (χ3v) is 2.96. The number of halogens is 1. The van der Waals surface area contributed by atoms with Gasteiger partial charge in [-0.3, -0.25) is 4.79 Å². The van der Waals surface area contributed by atoms with E-state index in [2.05, 4.69) is 5.16 Å². The van der Waals surface area contributed by atoms with Crippen LogP contribution < -0.4 is 5.63 Å². The van der Waals surface area contributed by atoms with Crippen LogP contribution in [0.2, 0.25) is 5.02 Å². The van der Waals surface area contributed by atoms with Crippen molar-refractivity contribution in [2.45, 2.75) is 20.5 Å². The number of benzene rings is 1. The molecule has 0 amide bonds. The smallest absolute Gasteiger partial charge is 0.336 e. The Balaban J connectivity index is 2.34. The number of Topliss-reactive ketones (excluding diaryl/α,β-unsaturated/α-hetero) is 1. The summed E-state index contributed by atoms with van der Waals surface area (Å²) in [5, 5.41) is 4.88. The molecule has 0 spiro atoms. The van der Waals surface area contributed by atoms with Crippen molar-refractivity contribution in [1.82, 2.24) is 0 Å². The fraction of sp³-hybridized carbons (Fsp3) is 0.214. The van der Waals surface area contributed by atoms with Crippen LogP contribution in [-0.2, 0) is 16.2 Å². The normalized spacial score (nSPS) is 11.7. The van der Waals surface area contributed by atoms with E-state index >= 15 is 0 Å². The summed E-state index contributed by atoms with van der Waals surface area (Å²) in [5.74, 6) is -0.175. The van der Waals surface area contributed by atoms with Crippen LogP contribution >= 0.6 is 11.6 Å². The van der Waals surface area contributed by atoms with Gasteiger partial charge in [0.15, 0.2) is 5.78 Å². The van der Waals surface area contributed by atoms with Gasteiger partial charge < -0.3 is 9.25 Å². The summed E-state index contributed by atoms with van der Waals surface area (Å²) in [6.07, 6.45) is 0. The van der Waals surface area contributed by atoms with Crippen molar-refractivity contribution < 1.29 is 14.0 Å². The topological polar surface area (TPSA) is 68.9 Å². The SMILES string of the molecule is CC(=O)/C(C)=N/OCc1cc(=O)oc2ccc(Cl)cc12. The van der Waals surface area contributed by atoms with Crippen LogP contribution in [-0.4, -0.2) is 11.5 Å². The molecule has 0 radical (unpaired) electrons. The van der Waals surface area contributed by atoms with Gasteiger partial charge in [0.25, 0.3) is 0 Å². The van der Waals surface area contributed by atoms with Crippen molar-refractivity contribution in [3.63, 3.8) is 0 Å². The predicted octanol–water partition coefficient (Wildman–Crippen LogP) is 2.93. The first kappa shape index (κ1) is 14.3.